The molecule has 5 nitrogen and oxygen atoms in total. The largest absolute Gasteiger partial charge is 0.485 e. The molecule has 0 radical (unpaired) electrons. The van der Waals surface area contributed by atoms with Crippen LogP contribution in [0.2, 0.25) is 4.34 Å². The number of thiophene rings is 1. The van der Waals surface area contributed by atoms with Crippen LogP contribution >= 0.6 is 34.7 Å². The van der Waals surface area contributed by atoms with Gasteiger partial charge < -0.3 is 10.1 Å². The first-order chi connectivity index (χ1) is 16.4. The average Bonchev–Trinajstić information content (AvgIpc) is 3.39. The van der Waals surface area contributed by atoms with E-state index in [9.17, 15) is 21.6 Å². The van der Waals surface area contributed by atoms with Crippen LogP contribution in [0.15, 0.2) is 57.6 Å². The highest BCUT2D eigenvalue weighted by molar-refractivity contribution is 7.98. The number of nitrogens with one attached hydrogen (secondary N) is 2. The van der Waals surface area contributed by atoms with Crippen molar-refractivity contribution in [2.45, 2.75) is 34.2 Å². The standard InChI is InChI=1S/C23H22ClF3N2O3S3/c1-22(9-10-28-13-22)32-19-11-15(5-8-18(19)23(25,26)27)29-35(30,31)20-12-17(21(24)34-20)14-3-6-16(33-2)7-4-14/h3-8,11-12,28-29H,9-10,13H2,1-2H3/t22-/m1/s1. The highest BCUT2D eigenvalue weighted by atomic mass is 35.5. The Bertz CT molecular complexity index is 1320. The molecule has 1 aliphatic rings. The van der Waals surface area contributed by atoms with Crippen LogP contribution in [0, 0.1) is 0 Å². The molecule has 1 aromatic heterocycles. The summed E-state index contributed by atoms with van der Waals surface area (Å²) in [6.07, 6.45) is -2.18. The van der Waals surface area contributed by atoms with Gasteiger partial charge in [0.1, 0.15) is 19.9 Å². The van der Waals surface area contributed by atoms with E-state index in [1.165, 1.54) is 6.07 Å². The Hall–Kier alpha value is -1.92. The van der Waals surface area contributed by atoms with E-state index in [4.69, 9.17) is 16.3 Å². The molecule has 1 aliphatic heterocycles. The van der Waals surface area contributed by atoms with Crippen LogP contribution in [0.1, 0.15) is 18.9 Å². The first-order valence-electron chi connectivity index (χ1n) is 10.5. The van der Waals surface area contributed by atoms with Gasteiger partial charge in [-0.1, -0.05) is 23.7 Å². The van der Waals surface area contributed by atoms with Gasteiger partial charge in [-0.05, 0) is 55.6 Å². The molecule has 0 saturated carbocycles. The molecule has 35 heavy (non-hydrogen) atoms. The summed E-state index contributed by atoms with van der Waals surface area (Å²) >= 11 is 8.79. The van der Waals surface area contributed by atoms with Gasteiger partial charge in [-0.3, -0.25) is 4.72 Å². The quantitative estimate of drug-likeness (QED) is 0.312. The van der Waals surface area contributed by atoms with Crippen molar-refractivity contribution in [1.82, 2.24) is 5.32 Å². The minimum Gasteiger partial charge on any atom is -0.485 e. The molecule has 1 saturated heterocycles. The minimum absolute atomic E-state index is 0.0436. The monoisotopic (exact) mass is 562 g/mol. The molecule has 0 bridgehead atoms. The Morgan fingerprint density at radius 1 is 1.17 bits per heavy atom. The van der Waals surface area contributed by atoms with E-state index in [-0.39, 0.29) is 9.90 Å². The Labute approximate surface area is 215 Å². The molecule has 2 N–H and O–H groups in total. The number of thioether (sulfide) groups is 1. The first-order valence-corrected chi connectivity index (χ1v) is 14.4. The van der Waals surface area contributed by atoms with Gasteiger partial charge in [-0.15, -0.1) is 23.1 Å². The number of ether oxygens (including phenoxy) is 1. The molecule has 2 aromatic carbocycles. The number of hydrogen-bond acceptors (Lipinski definition) is 6. The zero-order valence-electron chi connectivity index (χ0n) is 18.7. The average molecular weight is 563 g/mol. The molecule has 0 unspecified atom stereocenters. The SMILES string of the molecule is CSc1ccc(-c2cc(S(=O)(=O)Nc3ccc(C(F)(F)F)c(O[C@]4(C)CCNC4)c3)sc2Cl)cc1. The second-order valence-electron chi connectivity index (χ2n) is 8.27. The van der Waals surface area contributed by atoms with Crippen LogP contribution in [0.25, 0.3) is 11.1 Å². The molecule has 1 atom stereocenters. The number of halogens is 4. The van der Waals surface area contributed by atoms with Crippen LogP contribution < -0.4 is 14.8 Å². The summed E-state index contributed by atoms with van der Waals surface area (Å²) in [4.78, 5) is 1.05. The minimum atomic E-state index is -4.66. The van der Waals surface area contributed by atoms with Crippen LogP contribution in [0.4, 0.5) is 18.9 Å². The van der Waals surface area contributed by atoms with E-state index in [1.54, 1.807) is 18.7 Å². The fraction of sp³-hybridized carbons (Fsp3) is 0.304. The molecule has 188 valence electrons. The second kappa shape index (κ2) is 9.85. The van der Waals surface area contributed by atoms with Crippen LogP contribution in [0.3, 0.4) is 0 Å². The van der Waals surface area contributed by atoms with Crippen molar-refractivity contribution in [2.24, 2.45) is 0 Å². The molecule has 1 fully saturated rings. The van der Waals surface area contributed by atoms with E-state index in [1.807, 2.05) is 30.5 Å². The zero-order chi connectivity index (χ0) is 25.4. The maximum absolute atomic E-state index is 13.6. The lowest BCUT2D eigenvalue weighted by Gasteiger charge is -2.27. The molecular formula is C23H22ClF3N2O3S3. The van der Waals surface area contributed by atoms with Crippen LogP contribution in [-0.2, 0) is 16.2 Å². The lowest BCUT2D eigenvalue weighted by atomic mass is 10.1. The zero-order valence-corrected chi connectivity index (χ0v) is 21.9. The summed E-state index contributed by atoms with van der Waals surface area (Å²) in [7, 11) is -4.11. The molecule has 0 aliphatic carbocycles. The number of benzene rings is 2. The third kappa shape index (κ3) is 5.91. The van der Waals surface area contributed by atoms with Gasteiger partial charge in [0.25, 0.3) is 10.0 Å². The second-order valence-corrected chi connectivity index (χ2v) is 12.7. The third-order valence-corrected chi connectivity index (χ3v) is 9.51. The number of anilines is 1. The smallest absolute Gasteiger partial charge is 0.419 e. The lowest BCUT2D eigenvalue weighted by molar-refractivity contribution is -0.139. The van der Waals surface area contributed by atoms with Gasteiger partial charge >= 0.3 is 6.18 Å². The summed E-state index contributed by atoms with van der Waals surface area (Å²) < 4.78 is 75.2. The van der Waals surface area contributed by atoms with E-state index < -0.39 is 33.1 Å². The Kier molecular flexibility index (Phi) is 7.36. The van der Waals surface area contributed by atoms with Crippen molar-refractivity contribution >= 4 is 50.4 Å². The summed E-state index contributed by atoms with van der Waals surface area (Å²) in [5, 5.41) is 3.06. The van der Waals surface area contributed by atoms with Gasteiger partial charge in [-0.2, -0.15) is 13.2 Å². The first kappa shape index (κ1) is 26.2. The highest BCUT2D eigenvalue weighted by Crippen LogP contribution is 2.42. The number of alkyl halides is 3. The molecular weight excluding hydrogens is 541 g/mol. The molecule has 0 spiro atoms. The Morgan fingerprint density at radius 2 is 1.89 bits per heavy atom. The molecule has 12 heteroatoms. The fourth-order valence-corrected chi connectivity index (χ4v) is 6.93. The van der Waals surface area contributed by atoms with Crippen molar-refractivity contribution < 1.29 is 26.3 Å². The highest BCUT2D eigenvalue weighted by Gasteiger charge is 2.38. The van der Waals surface area contributed by atoms with E-state index in [0.717, 1.165) is 40.0 Å². The summed E-state index contributed by atoms with van der Waals surface area (Å²) in [5.41, 5.74) is -0.530. The number of sulfonamides is 1. The summed E-state index contributed by atoms with van der Waals surface area (Å²) in [6.45, 7) is 2.71. The van der Waals surface area contributed by atoms with Crippen molar-refractivity contribution in [3.63, 3.8) is 0 Å². The van der Waals surface area contributed by atoms with Crippen molar-refractivity contribution in [3.8, 4) is 16.9 Å². The fourth-order valence-electron chi connectivity index (χ4n) is 3.70. The predicted molar refractivity (Wildman–Crippen MR) is 135 cm³/mol. The maximum Gasteiger partial charge on any atom is 0.419 e. The van der Waals surface area contributed by atoms with Gasteiger partial charge in [-0.25, -0.2) is 8.42 Å². The molecule has 0 amide bonds. The van der Waals surface area contributed by atoms with Crippen LogP contribution in [0.5, 0.6) is 5.75 Å². The van der Waals surface area contributed by atoms with Crippen molar-refractivity contribution in [2.75, 3.05) is 24.1 Å². The van der Waals surface area contributed by atoms with E-state index in [0.29, 0.717) is 29.4 Å². The van der Waals surface area contributed by atoms with Crippen LogP contribution in [-0.4, -0.2) is 33.4 Å². The molecule has 2 heterocycles. The van der Waals surface area contributed by atoms with E-state index in [2.05, 4.69) is 10.0 Å². The van der Waals surface area contributed by atoms with Gasteiger partial charge in [0.2, 0.25) is 0 Å². The van der Waals surface area contributed by atoms with Crippen molar-refractivity contribution in [1.29, 1.82) is 0 Å². The lowest BCUT2D eigenvalue weighted by Crippen LogP contribution is -2.35. The van der Waals surface area contributed by atoms with E-state index >= 15 is 0 Å². The topological polar surface area (TPSA) is 67.4 Å². The molecule has 4 rings (SSSR count). The molecule has 3 aromatic rings. The Balaban J connectivity index is 1.63. The van der Waals surface area contributed by atoms with Gasteiger partial charge in [0, 0.05) is 29.5 Å². The van der Waals surface area contributed by atoms with Gasteiger partial charge in [0.15, 0.2) is 0 Å². The Morgan fingerprint density at radius 3 is 2.49 bits per heavy atom. The maximum atomic E-state index is 13.6. The summed E-state index contributed by atoms with van der Waals surface area (Å²) in [6, 6.07) is 11.9. The van der Waals surface area contributed by atoms with Gasteiger partial charge in [0.05, 0.1) is 11.3 Å². The summed E-state index contributed by atoms with van der Waals surface area (Å²) in [5.74, 6) is -0.428. The number of hydrogen-bond donors (Lipinski definition) is 2. The predicted octanol–water partition coefficient (Wildman–Crippen LogP) is 6.74. The van der Waals surface area contributed by atoms with Crippen molar-refractivity contribution in [3.05, 3.63) is 58.4 Å². The normalized spacial score (nSPS) is 18.6. The third-order valence-electron chi connectivity index (χ3n) is 5.56. The number of rotatable bonds is 7.